The van der Waals surface area contributed by atoms with Gasteiger partial charge in [-0.25, -0.2) is 19.3 Å². The second kappa shape index (κ2) is 11.9. The highest BCUT2D eigenvalue weighted by atomic mass is 19.1. The molecule has 1 saturated carbocycles. The fraction of sp³-hybridized carbons (Fsp3) is 0.640. The number of methoxy groups -OCH3 is 1. The molecule has 0 unspecified atom stereocenters. The Kier molecular flexibility index (Phi) is 8.64. The second-order valence-electron chi connectivity index (χ2n) is 9.75. The van der Waals surface area contributed by atoms with E-state index in [0.717, 1.165) is 71.4 Å². The maximum Gasteiger partial charge on any atom is 0.151 e. The van der Waals surface area contributed by atoms with Crippen molar-refractivity contribution in [2.75, 3.05) is 50.7 Å². The summed E-state index contributed by atoms with van der Waals surface area (Å²) in [6.45, 7) is 6.24. The molecule has 0 bridgehead atoms. The number of ether oxygens (including phenoxy) is 2. The highest BCUT2D eigenvalue weighted by Crippen LogP contribution is 2.31. The molecule has 3 N–H and O–H groups in total. The molecule has 0 amide bonds. The summed E-state index contributed by atoms with van der Waals surface area (Å²) in [6, 6.07) is 4.42. The summed E-state index contributed by atoms with van der Waals surface area (Å²) in [7, 11) is 1.72. The van der Waals surface area contributed by atoms with Crippen LogP contribution in [-0.4, -0.2) is 67.1 Å². The molecule has 34 heavy (non-hydrogen) atoms. The Morgan fingerprint density at radius 2 is 1.82 bits per heavy atom. The van der Waals surface area contributed by atoms with Crippen LogP contribution in [-0.2, 0) is 9.47 Å². The largest absolute Gasteiger partial charge is 0.383 e. The maximum atomic E-state index is 14.7. The molecule has 8 nitrogen and oxygen atoms in total. The molecule has 9 heteroatoms. The smallest absolute Gasteiger partial charge is 0.151 e. The molecule has 0 atom stereocenters. The number of hydrogen-bond donors (Lipinski definition) is 3. The zero-order valence-electron chi connectivity index (χ0n) is 20.3. The van der Waals surface area contributed by atoms with Crippen LogP contribution in [0.3, 0.4) is 0 Å². The zero-order chi connectivity index (χ0) is 23.8. The van der Waals surface area contributed by atoms with Gasteiger partial charge in [0.15, 0.2) is 5.82 Å². The van der Waals surface area contributed by atoms with Crippen LogP contribution in [0.1, 0.15) is 45.4 Å². The lowest BCUT2D eigenvalue weighted by Crippen LogP contribution is -2.38. The third-order valence-electron chi connectivity index (χ3n) is 7.01. The topological polar surface area (TPSA) is 93.2 Å². The molecule has 3 heterocycles. The van der Waals surface area contributed by atoms with Crippen molar-refractivity contribution in [3.63, 3.8) is 0 Å². The van der Waals surface area contributed by atoms with Crippen molar-refractivity contribution in [2.45, 2.75) is 57.5 Å². The van der Waals surface area contributed by atoms with Crippen LogP contribution >= 0.6 is 0 Å². The van der Waals surface area contributed by atoms with Gasteiger partial charge in [-0.3, -0.25) is 0 Å². The molecular weight excluding hydrogens is 435 g/mol. The third-order valence-corrected chi connectivity index (χ3v) is 7.01. The third kappa shape index (κ3) is 6.84. The van der Waals surface area contributed by atoms with Crippen molar-refractivity contribution < 1.29 is 13.9 Å². The number of hydrogen-bond acceptors (Lipinski definition) is 8. The van der Waals surface area contributed by atoms with Gasteiger partial charge in [0.1, 0.15) is 18.0 Å². The number of aromatic nitrogens is 3. The van der Waals surface area contributed by atoms with Crippen molar-refractivity contribution in [3.05, 3.63) is 30.5 Å². The molecule has 1 saturated heterocycles. The summed E-state index contributed by atoms with van der Waals surface area (Å²) in [5.74, 6) is 0.982. The SMILES string of the molecule is COCCNC1CCC(Nc2cc(-c3cc(NCC4(C)CCOCC4)ncn3)c(F)cn2)CC1. The molecule has 1 aliphatic heterocycles. The van der Waals surface area contributed by atoms with Gasteiger partial charge in [-0.15, -0.1) is 0 Å². The molecule has 2 aromatic heterocycles. The second-order valence-corrected chi connectivity index (χ2v) is 9.75. The first-order valence-electron chi connectivity index (χ1n) is 12.3. The van der Waals surface area contributed by atoms with Crippen LogP contribution in [0.15, 0.2) is 24.7 Å². The number of halogens is 1. The van der Waals surface area contributed by atoms with E-state index in [1.807, 2.05) is 6.07 Å². The van der Waals surface area contributed by atoms with E-state index in [-0.39, 0.29) is 5.41 Å². The van der Waals surface area contributed by atoms with Crippen LogP contribution in [0.5, 0.6) is 0 Å². The van der Waals surface area contributed by atoms with Gasteiger partial charge in [-0.2, -0.15) is 0 Å². The van der Waals surface area contributed by atoms with Crippen LogP contribution in [0, 0.1) is 11.2 Å². The molecule has 2 aromatic rings. The fourth-order valence-electron chi connectivity index (χ4n) is 4.68. The molecule has 4 rings (SSSR count). The van der Waals surface area contributed by atoms with Gasteiger partial charge >= 0.3 is 0 Å². The first-order valence-corrected chi connectivity index (χ1v) is 12.3. The van der Waals surface area contributed by atoms with Crippen molar-refractivity contribution in [1.29, 1.82) is 0 Å². The Balaban J connectivity index is 1.36. The van der Waals surface area contributed by atoms with E-state index in [9.17, 15) is 4.39 Å². The minimum Gasteiger partial charge on any atom is -0.383 e. The lowest BCUT2D eigenvalue weighted by atomic mass is 9.82. The van der Waals surface area contributed by atoms with Crippen LogP contribution in [0.2, 0.25) is 0 Å². The monoisotopic (exact) mass is 472 g/mol. The van der Waals surface area contributed by atoms with E-state index in [2.05, 4.69) is 37.8 Å². The molecule has 0 aromatic carbocycles. The van der Waals surface area contributed by atoms with Crippen molar-refractivity contribution in [3.8, 4) is 11.3 Å². The molecule has 0 spiro atoms. The summed E-state index contributed by atoms with van der Waals surface area (Å²) in [5.41, 5.74) is 1.14. The average molecular weight is 473 g/mol. The average Bonchev–Trinajstić information content (AvgIpc) is 2.86. The molecule has 2 aliphatic rings. The summed E-state index contributed by atoms with van der Waals surface area (Å²) in [4.78, 5) is 12.9. The highest BCUT2D eigenvalue weighted by Gasteiger charge is 2.27. The van der Waals surface area contributed by atoms with Gasteiger partial charge in [0.25, 0.3) is 0 Å². The predicted molar refractivity (Wildman–Crippen MR) is 131 cm³/mol. The first kappa shape index (κ1) is 24.8. The van der Waals surface area contributed by atoms with E-state index in [1.165, 1.54) is 12.5 Å². The Labute approximate surface area is 201 Å². The fourth-order valence-corrected chi connectivity index (χ4v) is 4.68. The number of nitrogens with zero attached hydrogens (tertiary/aromatic N) is 3. The van der Waals surface area contributed by atoms with Crippen LogP contribution < -0.4 is 16.0 Å². The van der Waals surface area contributed by atoms with Crippen LogP contribution in [0.25, 0.3) is 11.3 Å². The Morgan fingerprint density at radius 3 is 2.59 bits per heavy atom. The Hall–Kier alpha value is -2.36. The van der Waals surface area contributed by atoms with Gasteiger partial charge in [0, 0.05) is 57.1 Å². The van der Waals surface area contributed by atoms with E-state index in [1.54, 1.807) is 13.2 Å². The lowest BCUT2D eigenvalue weighted by molar-refractivity contribution is 0.0300. The zero-order valence-corrected chi connectivity index (χ0v) is 20.3. The van der Waals surface area contributed by atoms with Gasteiger partial charge in [0.2, 0.25) is 0 Å². The van der Waals surface area contributed by atoms with Crippen molar-refractivity contribution in [1.82, 2.24) is 20.3 Å². The van der Waals surface area contributed by atoms with E-state index >= 15 is 0 Å². The molecule has 2 fully saturated rings. The number of anilines is 2. The van der Waals surface area contributed by atoms with Crippen molar-refractivity contribution >= 4 is 11.6 Å². The normalized spacial score (nSPS) is 22.3. The Bertz CT molecular complexity index is 916. The van der Waals surface area contributed by atoms with E-state index < -0.39 is 5.82 Å². The Morgan fingerprint density at radius 1 is 1.06 bits per heavy atom. The van der Waals surface area contributed by atoms with Gasteiger partial charge in [0.05, 0.1) is 18.5 Å². The lowest BCUT2D eigenvalue weighted by Gasteiger charge is -2.33. The summed E-state index contributed by atoms with van der Waals surface area (Å²) in [6.07, 6.45) is 9.06. The van der Waals surface area contributed by atoms with Gasteiger partial charge in [-0.05, 0) is 50.0 Å². The van der Waals surface area contributed by atoms with Crippen LogP contribution in [0.4, 0.5) is 16.0 Å². The van der Waals surface area contributed by atoms with E-state index in [0.29, 0.717) is 35.0 Å². The first-order chi connectivity index (χ1) is 16.5. The number of nitrogens with one attached hydrogen (secondary N) is 3. The molecule has 1 aliphatic carbocycles. The van der Waals surface area contributed by atoms with Crippen molar-refractivity contribution in [2.24, 2.45) is 5.41 Å². The van der Waals surface area contributed by atoms with Gasteiger partial charge < -0.3 is 25.4 Å². The summed E-state index contributed by atoms with van der Waals surface area (Å²) < 4.78 is 25.3. The minimum atomic E-state index is -0.391. The number of pyridine rings is 1. The molecular formula is C25H37FN6O2. The minimum absolute atomic E-state index is 0.167. The van der Waals surface area contributed by atoms with Gasteiger partial charge in [-0.1, -0.05) is 6.92 Å². The maximum absolute atomic E-state index is 14.7. The molecule has 0 radical (unpaired) electrons. The molecule has 186 valence electrons. The highest BCUT2D eigenvalue weighted by molar-refractivity contribution is 5.65. The summed E-state index contributed by atoms with van der Waals surface area (Å²) >= 11 is 0. The quantitative estimate of drug-likeness (QED) is 0.449. The predicted octanol–water partition coefficient (Wildman–Crippen LogP) is 3.87. The van der Waals surface area contributed by atoms with E-state index in [4.69, 9.17) is 9.47 Å². The standard InChI is InChI=1S/C25H37FN6O2/c1-25(7-10-34-11-8-25)16-29-23-14-22(30-17-31-23)20-13-24(28-15-21(20)26)32-19-5-3-18(4-6-19)27-9-12-33-2/h13-15,17-19,27H,3-12,16H2,1-2H3,(H,28,32)(H,29,30,31). The number of rotatable bonds is 10. The summed E-state index contributed by atoms with van der Waals surface area (Å²) in [5, 5.41) is 10.4.